The summed E-state index contributed by atoms with van der Waals surface area (Å²) in [6, 6.07) is 0. The molecule has 2 aliphatic carbocycles. The highest BCUT2D eigenvalue weighted by Crippen LogP contribution is 2.38. The summed E-state index contributed by atoms with van der Waals surface area (Å²) in [6.45, 7) is 8.14. The maximum Gasteiger partial charge on any atom is 0.0329 e. The number of hydrogen-bond donors (Lipinski definition) is 1. The number of hydrogen-bond acceptors (Lipinski definition) is 2. The van der Waals surface area contributed by atoms with E-state index in [9.17, 15) is 0 Å². The Morgan fingerprint density at radius 3 is 1.94 bits per heavy atom. The number of nitrogens with zero attached hydrogens (tertiary/aromatic N) is 1. The van der Waals surface area contributed by atoms with E-state index in [1.54, 1.807) is 0 Å². The van der Waals surface area contributed by atoms with Gasteiger partial charge in [-0.05, 0) is 50.4 Å². The predicted molar refractivity (Wildman–Crippen MR) is 78.6 cm³/mol. The summed E-state index contributed by atoms with van der Waals surface area (Å²) in [5.74, 6) is 1.98. The highest BCUT2D eigenvalue weighted by molar-refractivity contribution is 4.95. The van der Waals surface area contributed by atoms with Gasteiger partial charge < -0.3 is 5.73 Å². The molecule has 2 nitrogen and oxygen atoms in total. The van der Waals surface area contributed by atoms with Gasteiger partial charge in [0.25, 0.3) is 0 Å². The maximum absolute atomic E-state index is 6.21. The maximum atomic E-state index is 6.21. The molecule has 2 saturated carbocycles. The van der Waals surface area contributed by atoms with Gasteiger partial charge >= 0.3 is 0 Å². The van der Waals surface area contributed by atoms with Crippen LogP contribution in [0, 0.1) is 11.8 Å². The van der Waals surface area contributed by atoms with E-state index in [4.69, 9.17) is 5.73 Å². The molecule has 0 aliphatic heterocycles. The highest BCUT2D eigenvalue weighted by Gasteiger charge is 2.39. The highest BCUT2D eigenvalue weighted by atomic mass is 15.2. The lowest BCUT2D eigenvalue weighted by Crippen LogP contribution is -2.55. The molecule has 18 heavy (non-hydrogen) atoms. The Morgan fingerprint density at radius 2 is 1.61 bits per heavy atom. The molecule has 2 N–H and O–H groups in total. The van der Waals surface area contributed by atoms with E-state index in [0.29, 0.717) is 5.54 Å². The molecule has 0 aromatic heterocycles. The molecule has 2 aliphatic rings. The lowest BCUT2D eigenvalue weighted by Gasteiger charge is -2.44. The van der Waals surface area contributed by atoms with Crippen molar-refractivity contribution in [1.82, 2.24) is 4.90 Å². The summed E-state index contributed by atoms with van der Waals surface area (Å²) in [7, 11) is 0. The van der Waals surface area contributed by atoms with Crippen LogP contribution in [0.4, 0.5) is 0 Å². The normalized spacial score (nSPS) is 23.3. The molecule has 2 fully saturated rings. The molecular formula is C16H32N2. The zero-order valence-electron chi connectivity index (χ0n) is 12.5. The molecule has 0 heterocycles. The van der Waals surface area contributed by atoms with Crippen molar-refractivity contribution in [2.24, 2.45) is 17.6 Å². The van der Waals surface area contributed by atoms with Crippen LogP contribution in [0.25, 0.3) is 0 Å². The van der Waals surface area contributed by atoms with E-state index in [1.807, 2.05) is 0 Å². The SMILES string of the molecule is CCCCC(CC)(CN)N(CC1CC1)CC1CC1. The summed E-state index contributed by atoms with van der Waals surface area (Å²) < 4.78 is 0. The predicted octanol–water partition coefficient (Wildman–Crippen LogP) is 3.41. The first-order valence-corrected chi connectivity index (χ1v) is 8.19. The van der Waals surface area contributed by atoms with Gasteiger partial charge in [-0.3, -0.25) is 4.90 Å². The first-order chi connectivity index (χ1) is 8.74. The van der Waals surface area contributed by atoms with Crippen molar-refractivity contribution < 1.29 is 0 Å². The summed E-state index contributed by atoms with van der Waals surface area (Å²) in [6.07, 6.45) is 11.0. The fraction of sp³-hybridized carbons (Fsp3) is 1.00. The second-order valence-electron chi connectivity index (χ2n) is 6.68. The van der Waals surface area contributed by atoms with Gasteiger partial charge in [0.05, 0.1) is 0 Å². The second-order valence-corrected chi connectivity index (χ2v) is 6.68. The zero-order valence-corrected chi connectivity index (χ0v) is 12.5. The first-order valence-electron chi connectivity index (χ1n) is 8.19. The van der Waals surface area contributed by atoms with E-state index in [0.717, 1.165) is 18.4 Å². The van der Waals surface area contributed by atoms with E-state index in [1.165, 1.54) is 64.5 Å². The van der Waals surface area contributed by atoms with E-state index in [-0.39, 0.29) is 0 Å². The van der Waals surface area contributed by atoms with E-state index < -0.39 is 0 Å². The van der Waals surface area contributed by atoms with Gasteiger partial charge in [-0.1, -0.05) is 26.7 Å². The number of nitrogens with two attached hydrogens (primary N) is 1. The van der Waals surface area contributed by atoms with E-state index >= 15 is 0 Å². The van der Waals surface area contributed by atoms with Crippen LogP contribution in [0.2, 0.25) is 0 Å². The molecule has 0 aromatic rings. The average Bonchev–Trinajstić information content (AvgIpc) is 3.26. The molecular weight excluding hydrogens is 220 g/mol. The van der Waals surface area contributed by atoms with Gasteiger partial charge in [0.2, 0.25) is 0 Å². The van der Waals surface area contributed by atoms with Crippen LogP contribution in [0.5, 0.6) is 0 Å². The molecule has 1 atom stereocenters. The van der Waals surface area contributed by atoms with Crippen LogP contribution >= 0.6 is 0 Å². The second kappa shape index (κ2) is 6.38. The van der Waals surface area contributed by atoms with E-state index in [2.05, 4.69) is 18.7 Å². The third kappa shape index (κ3) is 3.71. The minimum absolute atomic E-state index is 0.307. The number of unbranched alkanes of at least 4 members (excludes halogenated alkanes) is 1. The quantitative estimate of drug-likeness (QED) is 0.645. The van der Waals surface area contributed by atoms with Gasteiger partial charge in [-0.2, -0.15) is 0 Å². The largest absolute Gasteiger partial charge is 0.329 e. The third-order valence-corrected chi connectivity index (χ3v) is 5.06. The van der Waals surface area contributed by atoms with Crippen LogP contribution < -0.4 is 5.73 Å². The van der Waals surface area contributed by atoms with Crippen molar-refractivity contribution in [1.29, 1.82) is 0 Å². The van der Waals surface area contributed by atoms with Crippen molar-refractivity contribution in [3.05, 3.63) is 0 Å². The molecule has 2 heteroatoms. The molecule has 0 amide bonds. The average molecular weight is 252 g/mol. The Bertz CT molecular complexity index is 225. The minimum atomic E-state index is 0.307. The van der Waals surface area contributed by atoms with Crippen LogP contribution in [0.1, 0.15) is 65.2 Å². The zero-order chi connectivity index (χ0) is 13.0. The van der Waals surface area contributed by atoms with Crippen LogP contribution in [0.3, 0.4) is 0 Å². The van der Waals surface area contributed by atoms with Crippen molar-refractivity contribution >= 4 is 0 Å². The molecule has 2 rings (SSSR count). The van der Waals surface area contributed by atoms with Gasteiger partial charge in [0.1, 0.15) is 0 Å². The summed E-state index contributed by atoms with van der Waals surface area (Å²) >= 11 is 0. The van der Waals surface area contributed by atoms with Crippen LogP contribution in [0.15, 0.2) is 0 Å². The van der Waals surface area contributed by atoms with Crippen molar-refractivity contribution in [3.63, 3.8) is 0 Å². The van der Waals surface area contributed by atoms with Crippen molar-refractivity contribution in [2.75, 3.05) is 19.6 Å². The van der Waals surface area contributed by atoms with Gasteiger partial charge in [0.15, 0.2) is 0 Å². The lowest BCUT2D eigenvalue weighted by molar-refractivity contribution is 0.0679. The lowest BCUT2D eigenvalue weighted by atomic mass is 9.87. The fourth-order valence-corrected chi connectivity index (χ4v) is 3.13. The summed E-state index contributed by atoms with van der Waals surface area (Å²) in [5.41, 5.74) is 6.52. The molecule has 106 valence electrons. The smallest absolute Gasteiger partial charge is 0.0329 e. The monoisotopic (exact) mass is 252 g/mol. The Morgan fingerprint density at radius 1 is 1.06 bits per heavy atom. The Hall–Kier alpha value is -0.0800. The Labute approximate surface area is 113 Å². The van der Waals surface area contributed by atoms with Gasteiger partial charge in [0, 0.05) is 25.2 Å². The standard InChI is InChI=1S/C16H32N2/c1-3-5-10-16(4-2,13-17)18(11-14-6-7-14)12-15-8-9-15/h14-15H,3-13,17H2,1-2H3. The summed E-state index contributed by atoms with van der Waals surface area (Å²) in [5, 5.41) is 0. The minimum Gasteiger partial charge on any atom is -0.329 e. The molecule has 0 bridgehead atoms. The molecule has 0 saturated heterocycles. The van der Waals surface area contributed by atoms with Crippen LogP contribution in [-0.2, 0) is 0 Å². The van der Waals surface area contributed by atoms with Crippen LogP contribution in [-0.4, -0.2) is 30.1 Å². The van der Waals surface area contributed by atoms with Gasteiger partial charge in [-0.25, -0.2) is 0 Å². The Balaban J connectivity index is 1.99. The Kier molecular flexibility index (Phi) is 5.08. The topological polar surface area (TPSA) is 29.3 Å². The molecule has 0 radical (unpaired) electrons. The molecule has 0 spiro atoms. The van der Waals surface area contributed by atoms with Crippen molar-refractivity contribution in [3.8, 4) is 0 Å². The first kappa shape index (κ1) is 14.3. The third-order valence-electron chi connectivity index (χ3n) is 5.06. The number of rotatable bonds is 10. The molecule has 1 unspecified atom stereocenters. The summed E-state index contributed by atoms with van der Waals surface area (Å²) in [4.78, 5) is 2.80. The van der Waals surface area contributed by atoms with Gasteiger partial charge in [-0.15, -0.1) is 0 Å². The molecule has 0 aromatic carbocycles. The fourth-order valence-electron chi connectivity index (χ4n) is 3.13. The van der Waals surface area contributed by atoms with Crippen molar-refractivity contribution in [2.45, 2.75) is 70.8 Å².